The maximum atomic E-state index is 12.2. The molecule has 0 bridgehead atoms. The summed E-state index contributed by atoms with van der Waals surface area (Å²) in [6.45, 7) is 2.22. The number of fused-ring (bicyclic) bond motifs is 1. The monoisotopic (exact) mass is 262 g/mol. The van der Waals surface area contributed by atoms with Gasteiger partial charge in [0.25, 0.3) is 0 Å². The van der Waals surface area contributed by atoms with Gasteiger partial charge in [-0.1, -0.05) is 13.3 Å². The fourth-order valence-electron chi connectivity index (χ4n) is 2.92. The van der Waals surface area contributed by atoms with E-state index in [2.05, 4.69) is 11.9 Å². The molecule has 2 heterocycles. The molecule has 3 nitrogen and oxygen atoms in total. The molecule has 3 rings (SSSR count). The number of nitrogens with zero attached hydrogens (tertiary/aromatic N) is 2. The van der Waals surface area contributed by atoms with Crippen LogP contribution < -0.4 is 0 Å². The van der Waals surface area contributed by atoms with Crippen LogP contribution in [0.2, 0.25) is 0 Å². The molecule has 18 heavy (non-hydrogen) atoms. The van der Waals surface area contributed by atoms with E-state index >= 15 is 0 Å². The highest BCUT2D eigenvalue weighted by atomic mass is 32.1. The molecule has 1 aliphatic rings. The lowest BCUT2D eigenvalue weighted by atomic mass is 9.97. The molecular weight excluding hydrogens is 244 g/mol. The summed E-state index contributed by atoms with van der Waals surface area (Å²) in [6.07, 6.45) is 9.10. The van der Waals surface area contributed by atoms with Crippen molar-refractivity contribution in [2.24, 2.45) is 11.8 Å². The minimum Gasteiger partial charge on any atom is -0.299 e. The van der Waals surface area contributed by atoms with E-state index in [1.807, 2.05) is 22.2 Å². The van der Waals surface area contributed by atoms with E-state index in [0.29, 0.717) is 12.2 Å². The second-order valence-electron chi connectivity index (χ2n) is 5.25. The van der Waals surface area contributed by atoms with Crippen molar-refractivity contribution in [3.05, 3.63) is 23.5 Å². The molecule has 0 aromatic carbocycles. The summed E-state index contributed by atoms with van der Waals surface area (Å²) in [6, 6.07) is 0. The lowest BCUT2D eigenvalue weighted by molar-refractivity contribution is -0.122. The number of aromatic nitrogens is 2. The Balaban J connectivity index is 1.66. The number of hydrogen-bond donors (Lipinski definition) is 0. The molecule has 1 aliphatic carbocycles. The maximum absolute atomic E-state index is 12.2. The molecule has 96 valence electrons. The zero-order chi connectivity index (χ0) is 12.5. The van der Waals surface area contributed by atoms with Crippen molar-refractivity contribution in [3.63, 3.8) is 0 Å². The van der Waals surface area contributed by atoms with Gasteiger partial charge in [-0.15, -0.1) is 11.3 Å². The molecule has 0 spiro atoms. The molecule has 2 unspecified atom stereocenters. The SMILES string of the molecule is CCC1CCC(C(=O)Cc2cn3ccsc3n2)C1. The number of rotatable bonds is 4. The number of hydrogen-bond acceptors (Lipinski definition) is 3. The molecule has 2 aromatic heterocycles. The van der Waals surface area contributed by atoms with Crippen molar-refractivity contribution in [3.8, 4) is 0 Å². The number of Topliss-reactive ketones (excluding diaryl/α,β-unsaturated/α-hetero) is 1. The quantitative estimate of drug-likeness (QED) is 0.847. The van der Waals surface area contributed by atoms with E-state index < -0.39 is 0 Å². The molecule has 0 radical (unpaired) electrons. The van der Waals surface area contributed by atoms with Crippen molar-refractivity contribution in [2.75, 3.05) is 0 Å². The summed E-state index contributed by atoms with van der Waals surface area (Å²) in [7, 11) is 0. The zero-order valence-electron chi connectivity index (χ0n) is 10.6. The molecular formula is C14H18N2OS. The van der Waals surface area contributed by atoms with E-state index in [4.69, 9.17) is 0 Å². The Labute approximate surface area is 111 Å². The normalized spacial score (nSPS) is 23.8. The van der Waals surface area contributed by atoms with Crippen LogP contribution in [0.15, 0.2) is 17.8 Å². The summed E-state index contributed by atoms with van der Waals surface area (Å²) < 4.78 is 2.00. The Kier molecular flexibility index (Phi) is 3.20. The van der Waals surface area contributed by atoms with E-state index in [1.54, 1.807) is 11.3 Å². The highest BCUT2D eigenvalue weighted by molar-refractivity contribution is 7.15. The van der Waals surface area contributed by atoms with Crippen LogP contribution >= 0.6 is 11.3 Å². The standard InChI is InChI=1S/C14H18N2OS/c1-2-10-3-4-11(7-10)13(17)8-12-9-16-5-6-18-14(16)15-12/h5-6,9-11H,2-4,7-8H2,1H3. The third-order valence-electron chi connectivity index (χ3n) is 4.07. The van der Waals surface area contributed by atoms with Gasteiger partial charge in [-0.05, 0) is 25.2 Å². The summed E-state index contributed by atoms with van der Waals surface area (Å²) in [5.41, 5.74) is 0.923. The minimum absolute atomic E-state index is 0.287. The van der Waals surface area contributed by atoms with Crippen molar-refractivity contribution in [1.29, 1.82) is 0 Å². The average molecular weight is 262 g/mol. The topological polar surface area (TPSA) is 34.4 Å². The van der Waals surface area contributed by atoms with Crippen LogP contribution in [0.25, 0.3) is 4.96 Å². The van der Waals surface area contributed by atoms with Crippen LogP contribution in [0.3, 0.4) is 0 Å². The lowest BCUT2D eigenvalue weighted by Gasteiger charge is -2.07. The number of ketones is 1. The lowest BCUT2D eigenvalue weighted by Crippen LogP contribution is -2.14. The zero-order valence-corrected chi connectivity index (χ0v) is 11.4. The summed E-state index contributed by atoms with van der Waals surface area (Å²) in [4.78, 5) is 17.7. The molecule has 1 fully saturated rings. The molecule has 2 aromatic rings. The fraction of sp³-hybridized carbons (Fsp3) is 0.571. The number of imidazole rings is 1. The van der Waals surface area contributed by atoms with Gasteiger partial charge in [0.2, 0.25) is 0 Å². The van der Waals surface area contributed by atoms with Gasteiger partial charge >= 0.3 is 0 Å². The smallest absolute Gasteiger partial charge is 0.193 e. The Morgan fingerprint density at radius 2 is 2.44 bits per heavy atom. The first-order chi connectivity index (χ1) is 8.76. The van der Waals surface area contributed by atoms with Crippen molar-refractivity contribution < 1.29 is 4.79 Å². The Morgan fingerprint density at radius 1 is 1.56 bits per heavy atom. The Hall–Kier alpha value is -1.16. The van der Waals surface area contributed by atoms with Crippen LogP contribution in [0.4, 0.5) is 0 Å². The molecule has 0 saturated heterocycles. The van der Waals surface area contributed by atoms with Gasteiger partial charge < -0.3 is 0 Å². The molecule has 0 aliphatic heterocycles. The summed E-state index contributed by atoms with van der Waals surface area (Å²) in [5.74, 6) is 1.44. The van der Waals surface area contributed by atoms with E-state index in [-0.39, 0.29) is 5.92 Å². The van der Waals surface area contributed by atoms with Crippen LogP contribution in [-0.4, -0.2) is 15.2 Å². The predicted molar refractivity (Wildman–Crippen MR) is 72.9 cm³/mol. The highest BCUT2D eigenvalue weighted by Crippen LogP contribution is 2.33. The predicted octanol–water partition coefficient (Wildman–Crippen LogP) is 3.33. The van der Waals surface area contributed by atoms with E-state index in [1.165, 1.54) is 12.8 Å². The Bertz CT molecular complexity index is 528. The molecule has 2 atom stereocenters. The molecule has 0 N–H and O–H groups in total. The van der Waals surface area contributed by atoms with Crippen LogP contribution in [-0.2, 0) is 11.2 Å². The second-order valence-corrected chi connectivity index (χ2v) is 6.13. The number of carbonyl (C=O) groups is 1. The third kappa shape index (κ3) is 2.21. The van der Waals surface area contributed by atoms with Gasteiger partial charge in [-0.2, -0.15) is 0 Å². The van der Waals surface area contributed by atoms with Gasteiger partial charge in [0, 0.05) is 23.7 Å². The fourth-order valence-corrected chi connectivity index (χ4v) is 3.64. The van der Waals surface area contributed by atoms with Gasteiger partial charge in [-0.3, -0.25) is 9.20 Å². The Morgan fingerprint density at radius 3 is 3.17 bits per heavy atom. The molecule has 1 saturated carbocycles. The minimum atomic E-state index is 0.287. The van der Waals surface area contributed by atoms with Crippen molar-refractivity contribution in [1.82, 2.24) is 9.38 Å². The van der Waals surface area contributed by atoms with Gasteiger partial charge in [0.05, 0.1) is 12.1 Å². The van der Waals surface area contributed by atoms with Crippen LogP contribution in [0.1, 0.15) is 38.3 Å². The summed E-state index contributed by atoms with van der Waals surface area (Å²) >= 11 is 1.61. The van der Waals surface area contributed by atoms with Crippen LogP contribution in [0, 0.1) is 11.8 Å². The summed E-state index contributed by atoms with van der Waals surface area (Å²) in [5, 5.41) is 2.01. The van der Waals surface area contributed by atoms with E-state index in [0.717, 1.165) is 29.4 Å². The highest BCUT2D eigenvalue weighted by Gasteiger charge is 2.28. The van der Waals surface area contributed by atoms with E-state index in [9.17, 15) is 4.79 Å². The van der Waals surface area contributed by atoms with Gasteiger partial charge in [-0.25, -0.2) is 4.98 Å². The largest absolute Gasteiger partial charge is 0.299 e. The van der Waals surface area contributed by atoms with Gasteiger partial charge in [0.15, 0.2) is 4.96 Å². The maximum Gasteiger partial charge on any atom is 0.193 e. The first kappa shape index (κ1) is 11.9. The first-order valence-corrected chi connectivity index (χ1v) is 7.58. The molecule has 0 amide bonds. The first-order valence-electron chi connectivity index (χ1n) is 6.70. The number of carbonyl (C=O) groups excluding carboxylic acids is 1. The number of thiazole rings is 1. The van der Waals surface area contributed by atoms with Gasteiger partial charge in [0.1, 0.15) is 5.78 Å². The van der Waals surface area contributed by atoms with Crippen molar-refractivity contribution >= 4 is 22.1 Å². The average Bonchev–Trinajstić information content (AvgIpc) is 3.02. The van der Waals surface area contributed by atoms with Crippen molar-refractivity contribution in [2.45, 2.75) is 39.0 Å². The molecule has 4 heteroatoms. The second kappa shape index (κ2) is 4.84. The van der Waals surface area contributed by atoms with Crippen LogP contribution in [0.5, 0.6) is 0 Å². The third-order valence-corrected chi connectivity index (χ3v) is 4.84.